The standard InChI is InChI=1S/C31H20ClN3.C27H18ClN3/c32-31-34-29(33-30(35-31)28-17-16-22-10-4-5-11-23(22)19-28)27-15-7-14-26(20-27)25-13-6-12-24(18-25)21-8-2-1-3-9-21;28-27-30-25(23-17-9-7-15-21(23)19-11-3-1-4-12-19)29-26(31-27)24-18-10-8-16-22(24)20-13-5-2-6-14-20/h1-20H;1-18H/i;7D,9D,15D,17D. The molecule has 314 valence electrons. The number of hydrogen-bond donors (Lipinski definition) is 0. The van der Waals surface area contributed by atoms with Crippen molar-refractivity contribution in [2.45, 2.75) is 0 Å². The molecule has 0 N–H and O–H groups in total. The summed E-state index contributed by atoms with van der Waals surface area (Å²) in [6.45, 7) is 0. The van der Waals surface area contributed by atoms with Crippen LogP contribution in [0.5, 0.6) is 0 Å². The second kappa shape index (κ2) is 19.3. The van der Waals surface area contributed by atoms with Crippen LogP contribution in [0.15, 0.2) is 230 Å². The first-order valence-electron chi connectivity index (χ1n) is 23.1. The van der Waals surface area contributed by atoms with Crippen molar-refractivity contribution >= 4 is 34.0 Å². The first kappa shape index (κ1) is 37.2. The topological polar surface area (TPSA) is 77.3 Å². The zero-order valence-corrected chi connectivity index (χ0v) is 36.6. The van der Waals surface area contributed by atoms with Crippen LogP contribution in [0.3, 0.4) is 0 Å². The Morgan fingerprint density at radius 2 is 0.682 bits per heavy atom. The van der Waals surface area contributed by atoms with Gasteiger partial charge in [-0.3, -0.25) is 0 Å². The maximum Gasteiger partial charge on any atom is 0.226 e. The molecular weight excluding hydrogens is 852 g/mol. The third-order valence-electron chi connectivity index (χ3n) is 10.9. The molecular formula is C58H38Cl2N6. The Morgan fingerprint density at radius 3 is 1.32 bits per heavy atom. The van der Waals surface area contributed by atoms with Crippen LogP contribution in [0.25, 0.3) is 101 Å². The van der Waals surface area contributed by atoms with Gasteiger partial charge in [0.1, 0.15) is 0 Å². The van der Waals surface area contributed by atoms with Crippen molar-refractivity contribution in [3.63, 3.8) is 0 Å². The fourth-order valence-electron chi connectivity index (χ4n) is 7.71. The summed E-state index contributed by atoms with van der Waals surface area (Å²) in [5.41, 5.74) is 10.1. The molecule has 0 saturated heterocycles. The van der Waals surface area contributed by atoms with E-state index >= 15 is 0 Å². The monoisotopic (exact) mass is 892 g/mol. The number of aromatic nitrogens is 6. The van der Waals surface area contributed by atoms with Gasteiger partial charge in [-0.15, -0.1) is 0 Å². The Morgan fingerprint density at radius 1 is 0.273 bits per heavy atom. The van der Waals surface area contributed by atoms with E-state index in [0.29, 0.717) is 28.6 Å². The van der Waals surface area contributed by atoms with E-state index in [1.54, 1.807) is 12.1 Å². The highest BCUT2D eigenvalue weighted by molar-refractivity contribution is 6.28. The summed E-state index contributed by atoms with van der Waals surface area (Å²) < 4.78 is 33.7. The Balaban J connectivity index is 0.000000162. The molecule has 0 saturated carbocycles. The number of fused-ring (bicyclic) bond motifs is 1. The molecule has 9 aromatic carbocycles. The Hall–Kier alpha value is -8.16. The zero-order valence-electron chi connectivity index (χ0n) is 39.1. The molecule has 0 radical (unpaired) electrons. The van der Waals surface area contributed by atoms with Crippen molar-refractivity contribution in [2.75, 3.05) is 0 Å². The van der Waals surface area contributed by atoms with Crippen LogP contribution in [0.1, 0.15) is 5.48 Å². The maximum atomic E-state index is 8.65. The van der Waals surface area contributed by atoms with E-state index in [9.17, 15) is 0 Å². The van der Waals surface area contributed by atoms with E-state index in [0.717, 1.165) is 44.3 Å². The quantitative estimate of drug-likeness (QED) is 0.151. The van der Waals surface area contributed by atoms with Crippen LogP contribution in [0.2, 0.25) is 10.6 Å². The van der Waals surface area contributed by atoms with Gasteiger partial charge >= 0.3 is 0 Å². The Bertz CT molecular complexity index is 3700. The molecule has 11 rings (SSSR count). The van der Waals surface area contributed by atoms with Crippen molar-refractivity contribution in [3.05, 3.63) is 241 Å². The minimum Gasteiger partial charge on any atom is -0.208 e. The molecule has 66 heavy (non-hydrogen) atoms. The molecule has 8 heteroatoms. The lowest BCUT2D eigenvalue weighted by Crippen LogP contribution is -1.99. The molecule has 0 unspecified atom stereocenters. The highest BCUT2D eigenvalue weighted by Crippen LogP contribution is 2.35. The van der Waals surface area contributed by atoms with Crippen molar-refractivity contribution < 1.29 is 5.48 Å². The lowest BCUT2D eigenvalue weighted by atomic mass is 9.98. The fraction of sp³-hybridized carbons (Fsp3) is 0. The molecule has 0 aliphatic heterocycles. The average molecular weight is 894 g/mol. The summed E-state index contributed by atoms with van der Waals surface area (Å²) in [5.74, 6) is 1.50. The van der Waals surface area contributed by atoms with Gasteiger partial charge in [0.15, 0.2) is 23.3 Å². The summed E-state index contributed by atoms with van der Waals surface area (Å²) in [4.78, 5) is 26.9. The van der Waals surface area contributed by atoms with E-state index in [1.165, 1.54) is 16.5 Å². The molecule has 0 spiro atoms. The first-order valence-corrected chi connectivity index (χ1v) is 21.8. The highest BCUT2D eigenvalue weighted by atomic mass is 35.5. The van der Waals surface area contributed by atoms with E-state index in [1.807, 2.05) is 109 Å². The molecule has 2 aromatic heterocycles. The van der Waals surface area contributed by atoms with Gasteiger partial charge in [-0.25, -0.2) is 9.97 Å². The second-order valence-corrected chi connectivity index (χ2v) is 15.8. The summed E-state index contributed by atoms with van der Waals surface area (Å²) in [7, 11) is 0. The molecule has 2 heterocycles. The maximum absolute atomic E-state index is 8.65. The van der Waals surface area contributed by atoms with Gasteiger partial charge < -0.3 is 0 Å². The Kier molecular flexibility index (Phi) is 10.9. The predicted molar refractivity (Wildman–Crippen MR) is 271 cm³/mol. The zero-order chi connectivity index (χ0) is 48.1. The number of nitrogens with zero attached hydrogens (tertiary/aromatic N) is 6. The van der Waals surface area contributed by atoms with Crippen molar-refractivity contribution in [2.24, 2.45) is 0 Å². The minimum atomic E-state index is -0.368. The summed E-state index contributed by atoms with van der Waals surface area (Å²) in [6, 6.07) is 66.9. The molecule has 0 aliphatic carbocycles. The molecule has 0 amide bonds. The largest absolute Gasteiger partial charge is 0.226 e. The summed E-state index contributed by atoms with van der Waals surface area (Å²) >= 11 is 12.7. The van der Waals surface area contributed by atoms with Crippen LogP contribution < -0.4 is 0 Å². The van der Waals surface area contributed by atoms with E-state index in [4.69, 9.17) is 33.7 Å². The van der Waals surface area contributed by atoms with Crippen molar-refractivity contribution in [3.8, 4) is 90.1 Å². The molecule has 0 bridgehead atoms. The van der Waals surface area contributed by atoms with Crippen LogP contribution in [-0.2, 0) is 0 Å². The summed E-state index contributed by atoms with van der Waals surface area (Å²) in [5, 5.41) is 2.40. The third kappa shape index (κ3) is 9.37. The molecule has 0 atom stereocenters. The van der Waals surface area contributed by atoms with E-state index in [-0.39, 0.29) is 46.1 Å². The first-order chi connectivity index (χ1) is 34.2. The normalized spacial score (nSPS) is 11.7. The van der Waals surface area contributed by atoms with Gasteiger partial charge in [0.2, 0.25) is 10.6 Å². The lowest BCUT2D eigenvalue weighted by molar-refractivity contribution is 1.07. The van der Waals surface area contributed by atoms with Crippen LogP contribution in [0, 0.1) is 0 Å². The van der Waals surface area contributed by atoms with E-state index < -0.39 is 0 Å². The predicted octanol–water partition coefficient (Wildman–Crippen LogP) is 15.5. The third-order valence-corrected chi connectivity index (χ3v) is 11.2. The molecule has 6 nitrogen and oxygen atoms in total. The van der Waals surface area contributed by atoms with Crippen molar-refractivity contribution in [1.29, 1.82) is 0 Å². The number of benzene rings is 9. The summed E-state index contributed by atoms with van der Waals surface area (Å²) in [6.07, 6.45) is 0. The lowest BCUT2D eigenvalue weighted by Gasteiger charge is -2.12. The van der Waals surface area contributed by atoms with Crippen LogP contribution in [0.4, 0.5) is 0 Å². The van der Waals surface area contributed by atoms with Gasteiger partial charge in [-0.2, -0.15) is 19.9 Å². The van der Waals surface area contributed by atoms with Crippen LogP contribution in [-0.4, -0.2) is 29.9 Å². The van der Waals surface area contributed by atoms with Gasteiger partial charge in [0.05, 0.1) is 5.48 Å². The van der Waals surface area contributed by atoms with Gasteiger partial charge in [-0.05, 0) is 96.7 Å². The molecule has 0 aliphatic rings. The molecule has 11 aromatic rings. The average Bonchev–Trinajstić information content (AvgIpc) is 3.41. The number of rotatable bonds is 8. The second-order valence-electron chi connectivity index (χ2n) is 15.1. The van der Waals surface area contributed by atoms with Crippen molar-refractivity contribution in [1.82, 2.24) is 29.9 Å². The number of halogens is 2. The number of hydrogen-bond acceptors (Lipinski definition) is 6. The molecule has 0 fully saturated rings. The highest BCUT2D eigenvalue weighted by Gasteiger charge is 2.17. The smallest absolute Gasteiger partial charge is 0.208 e. The van der Waals surface area contributed by atoms with Crippen LogP contribution >= 0.6 is 23.2 Å². The van der Waals surface area contributed by atoms with Gasteiger partial charge in [0, 0.05) is 22.3 Å². The SMILES string of the molecule is Clc1nc(-c2cccc(-c3cccc(-c4ccccc4)c3)c2)nc(-c2ccc3ccccc3c2)n1.[2H]c1c([2H])c([2H])c(-c2nc(Cl)nc(-c3ccccc3-c3ccccc3)n2)c(-c2ccccc2)c1[2H]. The minimum absolute atomic E-state index is 0.0701. The fourth-order valence-corrected chi connectivity index (χ4v) is 8.04. The van der Waals surface area contributed by atoms with E-state index in [2.05, 4.69) is 110 Å². The van der Waals surface area contributed by atoms with Gasteiger partial charge in [-0.1, -0.05) is 212 Å². The Labute approximate surface area is 398 Å². The van der Waals surface area contributed by atoms with Gasteiger partial charge in [0.25, 0.3) is 0 Å².